The molecule has 2 aliphatic rings. The fraction of sp³-hybridized carbons (Fsp3) is 1.00. The summed E-state index contributed by atoms with van der Waals surface area (Å²) in [7, 11) is 1.82. The van der Waals surface area contributed by atoms with E-state index in [0.717, 1.165) is 19.1 Å². The molecule has 2 saturated carbocycles. The zero-order valence-electron chi connectivity index (χ0n) is 11.8. The summed E-state index contributed by atoms with van der Waals surface area (Å²) in [5.41, 5.74) is 0. The number of methoxy groups -OCH3 is 1. The van der Waals surface area contributed by atoms with Crippen LogP contribution in [0.25, 0.3) is 0 Å². The van der Waals surface area contributed by atoms with Crippen LogP contribution >= 0.6 is 0 Å². The molecule has 0 bridgehead atoms. The molecular formula is C15H29NO2. The van der Waals surface area contributed by atoms with Gasteiger partial charge in [-0.15, -0.1) is 0 Å². The maximum atomic E-state index is 5.95. The molecular weight excluding hydrogens is 226 g/mol. The Kier molecular flexibility index (Phi) is 6.46. The smallest absolute Gasteiger partial charge is 0.0599 e. The third-order valence-corrected chi connectivity index (χ3v) is 4.10. The van der Waals surface area contributed by atoms with Crippen molar-refractivity contribution in [3.05, 3.63) is 0 Å². The van der Waals surface area contributed by atoms with Crippen molar-refractivity contribution in [1.29, 1.82) is 0 Å². The second-order valence-corrected chi connectivity index (χ2v) is 5.81. The second-order valence-electron chi connectivity index (χ2n) is 5.81. The van der Waals surface area contributed by atoms with E-state index in [-0.39, 0.29) is 0 Å². The Morgan fingerprint density at radius 3 is 2.61 bits per heavy atom. The van der Waals surface area contributed by atoms with Crippen molar-refractivity contribution < 1.29 is 9.47 Å². The number of unbranched alkanes of at least 4 members (excludes halogenated alkanes) is 2. The highest BCUT2D eigenvalue weighted by Gasteiger charge is 2.22. The minimum Gasteiger partial charge on any atom is -0.381 e. The van der Waals surface area contributed by atoms with Crippen LogP contribution in [0.5, 0.6) is 0 Å². The molecule has 3 nitrogen and oxygen atoms in total. The van der Waals surface area contributed by atoms with Crippen LogP contribution in [0.2, 0.25) is 0 Å². The Labute approximate surface area is 112 Å². The maximum absolute atomic E-state index is 5.95. The Morgan fingerprint density at radius 1 is 1.00 bits per heavy atom. The zero-order chi connectivity index (χ0) is 12.6. The first kappa shape index (κ1) is 14.3. The van der Waals surface area contributed by atoms with Gasteiger partial charge in [-0.25, -0.2) is 0 Å². The highest BCUT2D eigenvalue weighted by Crippen LogP contribution is 2.23. The molecule has 0 aromatic carbocycles. The molecule has 0 spiro atoms. The van der Waals surface area contributed by atoms with Gasteiger partial charge < -0.3 is 14.8 Å². The van der Waals surface area contributed by atoms with Gasteiger partial charge in [0.1, 0.15) is 0 Å². The standard InChI is InChI=1S/C15H29NO2/c1-17-14-6-5-7-15(12-14)18-11-4-2-3-10-16-13-8-9-13/h13-16H,2-12H2,1H3. The van der Waals surface area contributed by atoms with Gasteiger partial charge in [0.15, 0.2) is 0 Å². The molecule has 2 aliphatic carbocycles. The highest BCUT2D eigenvalue weighted by molar-refractivity contribution is 4.80. The minimum atomic E-state index is 0.437. The second kappa shape index (κ2) is 8.13. The van der Waals surface area contributed by atoms with Gasteiger partial charge in [-0.3, -0.25) is 0 Å². The fourth-order valence-electron chi connectivity index (χ4n) is 2.72. The van der Waals surface area contributed by atoms with Crippen LogP contribution in [-0.4, -0.2) is 38.5 Å². The van der Waals surface area contributed by atoms with E-state index < -0.39 is 0 Å². The molecule has 2 fully saturated rings. The number of ether oxygens (including phenoxy) is 2. The van der Waals surface area contributed by atoms with E-state index in [4.69, 9.17) is 9.47 Å². The normalized spacial score (nSPS) is 28.5. The summed E-state index contributed by atoms with van der Waals surface area (Å²) in [5.74, 6) is 0. The third kappa shape index (κ3) is 5.68. The third-order valence-electron chi connectivity index (χ3n) is 4.10. The van der Waals surface area contributed by atoms with Crippen LogP contribution in [0.1, 0.15) is 57.8 Å². The average Bonchev–Trinajstić information content (AvgIpc) is 3.22. The molecule has 0 radical (unpaired) electrons. The van der Waals surface area contributed by atoms with Crippen molar-refractivity contribution in [3.63, 3.8) is 0 Å². The first-order valence-corrected chi connectivity index (χ1v) is 7.76. The van der Waals surface area contributed by atoms with Crippen LogP contribution in [0.3, 0.4) is 0 Å². The molecule has 0 aliphatic heterocycles. The van der Waals surface area contributed by atoms with Gasteiger partial charge in [-0.1, -0.05) is 0 Å². The quantitative estimate of drug-likeness (QED) is 0.643. The molecule has 0 aromatic rings. The maximum Gasteiger partial charge on any atom is 0.0599 e. The van der Waals surface area contributed by atoms with Gasteiger partial charge >= 0.3 is 0 Å². The van der Waals surface area contributed by atoms with E-state index in [1.165, 1.54) is 57.9 Å². The van der Waals surface area contributed by atoms with E-state index in [0.29, 0.717) is 12.2 Å². The summed E-state index contributed by atoms with van der Waals surface area (Å²) >= 11 is 0. The van der Waals surface area contributed by atoms with E-state index in [2.05, 4.69) is 5.32 Å². The van der Waals surface area contributed by atoms with Gasteiger partial charge in [0.05, 0.1) is 12.2 Å². The molecule has 2 rings (SSSR count). The predicted octanol–water partition coefficient (Wildman–Crippen LogP) is 2.88. The van der Waals surface area contributed by atoms with E-state index in [1.807, 2.05) is 7.11 Å². The van der Waals surface area contributed by atoms with Crippen molar-refractivity contribution in [3.8, 4) is 0 Å². The van der Waals surface area contributed by atoms with Gasteiger partial charge in [-0.2, -0.15) is 0 Å². The lowest BCUT2D eigenvalue weighted by Crippen LogP contribution is -2.27. The molecule has 2 atom stereocenters. The fourth-order valence-corrected chi connectivity index (χ4v) is 2.72. The van der Waals surface area contributed by atoms with Crippen LogP contribution in [0, 0.1) is 0 Å². The highest BCUT2D eigenvalue weighted by atomic mass is 16.5. The van der Waals surface area contributed by atoms with Crippen molar-refractivity contribution in [2.24, 2.45) is 0 Å². The molecule has 0 heterocycles. The molecule has 106 valence electrons. The lowest BCUT2D eigenvalue weighted by atomic mass is 9.95. The average molecular weight is 255 g/mol. The molecule has 1 N–H and O–H groups in total. The molecule has 3 heteroatoms. The van der Waals surface area contributed by atoms with Gasteiger partial charge in [0.2, 0.25) is 0 Å². The van der Waals surface area contributed by atoms with Gasteiger partial charge in [0, 0.05) is 19.8 Å². The summed E-state index contributed by atoms with van der Waals surface area (Å²) in [5, 5.41) is 3.55. The summed E-state index contributed by atoms with van der Waals surface area (Å²) in [4.78, 5) is 0. The number of rotatable bonds is 9. The van der Waals surface area contributed by atoms with Gasteiger partial charge in [-0.05, 0) is 64.3 Å². The van der Waals surface area contributed by atoms with Crippen molar-refractivity contribution in [2.75, 3.05) is 20.3 Å². The largest absolute Gasteiger partial charge is 0.381 e. The van der Waals surface area contributed by atoms with Crippen molar-refractivity contribution in [2.45, 2.75) is 76.0 Å². The van der Waals surface area contributed by atoms with E-state index >= 15 is 0 Å². The first-order chi connectivity index (χ1) is 8.88. The Bertz CT molecular complexity index is 219. The first-order valence-electron chi connectivity index (χ1n) is 7.76. The topological polar surface area (TPSA) is 30.5 Å². The molecule has 0 amide bonds. The van der Waals surface area contributed by atoms with E-state index in [9.17, 15) is 0 Å². The lowest BCUT2D eigenvalue weighted by molar-refractivity contribution is -0.0302. The Balaban J connectivity index is 1.39. The van der Waals surface area contributed by atoms with Crippen LogP contribution in [-0.2, 0) is 9.47 Å². The Morgan fingerprint density at radius 2 is 1.83 bits per heavy atom. The summed E-state index contributed by atoms with van der Waals surface area (Å²) in [6.07, 6.45) is 12.3. The summed E-state index contributed by atoms with van der Waals surface area (Å²) in [6.45, 7) is 2.13. The molecule has 2 unspecified atom stereocenters. The van der Waals surface area contributed by atoms with Crippen LogP contribution in [0.15, 0.2) is 0 Å². The van der Waals surface area contributed by atoms with Crippen LogP contribution < -0.4 is 5.32 Å². The summed E-state index contributed by atoms with van der Waals surface area (Å²) in [6, 6.07) is 0.856. The number of nitrogens with one attached hydrogen (secondary N) is 1. The molecule has 0 aromatic heterocycles. The van der Waals surface area contributed by atoms with Gasteiger partial charge in [0.25, 0.3) is 0 Å². The zero-order valence-corrected chi connectivity index (χ0v) is 11.8. The number of hydrogen-bond acceptors (Lipinski definition) is 3. The van der Waals surface area contributed by atoms with Crippen molar-refractivity contribution in [1.82, 2.24) is 5.32 Å². The van der Waals surface area contributed by atoms with E-state index in [1.54, 1.807) is 0 Å². The van der Waals surface area contributed by atoms with Crippen molar-refractivity contribution >= 4 is 0 Å². The van der Waals surface area contributed by atoms with Crippen LogP contribution in [0.4, 0.5) is 0 Å². The Hall–Kier alpha value is -0.120. The predicted molar refractivity (Wildman–Crippen MR) is 73.9 cm³/mol. The number of hydrogen-bond donors (Lipinski definition) is 1. The lowest BCUT2D eigenvalue weighted by Gasteiger charge is -2.28. The minimum absolute atomic E-state index is 0.437. The molecule has 18 heavy (non-hydrogen) atoms. The molecule has 0 saturated heterocycles. The summed E-state index contributed by atoms with van der Waals surface area (Å²) < 4.78 is 11.4. The SMILES string of the molecule is COC1CCCC(OCCCCCNC2CC2)C1. The monoisotopic (exact) mass is 255 g/mol.